The van der Waals surface area contributed by atoms with Gasteiger partial charge < -0.3 is 10.2 Å². The van der Waals surface area contributed by atoms with Crippen LogP contribution in [-0.4, -0.2) is 35.1 Å². The van der Waals surface area contributed by atoms with Crippen molar-refractivity contribution in [3.8, 4) is 0 Å². The molecule has 1 unspecified atom stereocenters. The molecule has 0 aromatic heterocycles. The van der Waals surface area contributed by atoms with Gasteiger partial charge in [0.2, 0.25) is 11.8 Å². The highest BCUT2D eigenvalue weighted by molar-refractivity contribution is 9.10. The number of carbonyl (C=O) groups is 2. The van der Waals surface area contributed by atoms with Crippen molar-refractivity contribution in [1.82, 2.24) is 10.2 Å². The maximum Gasteiger partial charge on any atom is 0.243 e. The maximum absolute atomic E-state index is 13.6. The molecule has 3 rings (SSSR count). The van der Waals surface area contributed by atoms with Gasteiger partial charge in [0.05, 0.1) is 5.75 Å². The smallest absolute Gasteiger partial charge is 0.243 e. The Bertz CT molecular complexity index is 1110. The minimum Gasteiger partial charge on any atom is -0.354 e. The second-order valence-electron chi connectivity index (χ2n) is 8.62. The van der Waals surface area contributed by atoms with E-state index in [0.29, 0.717) is 25.3 Å². The summed E-state index contributed by atoms with van der Waals surface area (Å²) in [7, 11) is 0. The Hall–Kier alpha value is -2.64. The van der Waals surface area contributed by atoms with Crippen molar-refractivity contribution in [2.24, 2.45) is 0 Å². The first kappa shape index (κ1) is 27.9. The van der Waals surface area contributed by atoms with E-state index in [1.807, 2.05) is 54.6 Å². The van der Waals surface area contributed by atoms with Crippen LogP contribution >= 0.6 is 27.7 Å². The lowest BCUT2D eigenvalue weighted by Crippen LogP contribution is -2.51. The Balaban J connectivity index is 1.82. The van der Waals surface area contributed by atoms with Crippen molar-refractivity contribution in [1.29, 1.82) is 0 Å². The van der Waals surface area contributed by atoms with Crippen LogP contribution in [0.15, 0.2) is 83.3 Å². The highest BCUT2D eigenvalue weighted by Crippen LogP contribution is 2.20. The molecule has 3 aromatic rings. The molecule has 0 aliphatic rings. The van der Waals surface area contributed by atoms with Crippen LogP contribution in [-0.2, 0) is 28.3 Å². The molecule has 0 aliphatic heterocycles. The lowest BCUT2D eigenvalue weighted by atomic mass is 10.0. The van der Waals surface area contributed by atoms with Crippen LogP contribution < -0.4 is 5.32 Å². The van der Waals surface area contributed by atoms with Crippen LogP contribution in [0.4, 0.5) is 4.39 Å². The molecular weight excluding hydrogens is 539 g/mol. The first-order valence-electron chi connectivity index (χ1n) is 12.1. The predicted octanol–water partition coefficient (Wildman–Crippen LogP) is 6.38. The number of nitrogens with zero attached hydrogens (tertiary/aromatic N) is 1. The normalized spacial score (nSPS) is 11.6. The van der Waals surface area contributed by atoms with Gasteiger partial charge in [-0.1, -0.05) is 83.9 Å². The van der Waals surface area contributed by atoms with E-state index in [4.69, 9.17) is 0 Å². The molecule has 0 bridgehead atoms. The number of carbonyl (C=O) groups excluding carboxylic acids is 2. The second-order valence-corrected chi connectivity index (χ2v) is 10.5. The summed E-state index contributed by atoms with van der Waals surface area (Å²) in [6.07, 6.45) is 2.29. The molecule has 4 nitrogen and oxygen atoms in total. The Morgan fingerprint density at radius 2 is 1.69 bits per heavy atom. The molecule has 0 aliphatic carbocycles. The summed E-state index contributed by atoms with van der Waals surface area (Å²) in [6, 6.07) is 23.3. The highest BCUT2D eigenvalue weighted by Gasteiger charge is 2.30. The number of benzene rings is 3. The minimum atomic E-state index is -0.637. The van der Waals surface area contributed by atoms with Crippen LogP contribution in [0.5, 0.6) is 0 Å². The molecule has 0 saturated carbocycles. The number of amides is 2. The fourth-order valence-corrected chi connectivity index (χ4v) is 5.13. The zero-order valence-corrected chi connectivity index (χ0v) is 22.9. The van der Waals surface area contributed by atoms with Gasteiger partial charge in [-0.15, -0.1) is 11.8 Å². The number of halogens is 2. The van der Waals surface area contributed by atoms with E-state index in [0.717, 1.165) is 34.0 Å². The lowest BCUT2D eigenvalue weighted by Gasteiger charge is -2.31. The van der Waals surface area contributed by atoms with Gasteiger partial charge in [0.25, 0.3) is 0 Å². The molecular formula is C29H32BrFN2O2S. The SMILES string of the molecule is CCCCNC(=O)C(Cc1ccccc1)N(Cc1cccc(Br)c1)C(=O)CSCc1ccc(F)cc1. The van der Waals surface area contributed by atoms with Gasteiger partial charge in [-0.3, -0.25) is 9.59 Å². The van der Waals surface area contributed by atoms with Crippen LogP contribution in [0.1, 0.15) is 36.5 Å². The van der Waals surface area contributed by atoms with E-state index in [1.165, 1.54) is 23.9 Å². The summed E-state index contributed by atoms with van der Waals surface area (Å²) < 4.78 is 14.1. The molecule has 0 fully saturated rings. The van der Waals surface area contributed by atoms with Gasteiger partial charge in [0.1, 0.15) is 11.9 Å². The molecule has 36 heavy (non-hydrogen) atoms. The first-order valence-corrected chi connectivity index (χ1v) is 14.1. The fraction of sp³-hybridized carbons (Fsp3) is 0.310. The Labute approximate surface area is 225 Å². The van der Waals surface area contributed by atoms with Crippen molar-refractivity contribution in [3.05, 3.63) is 106 Å². The molecule has 1 atom stereocenters. The Kier molecular flexibility index (Phi) is 11.5. The molecule has 1 N–H and O–H groups in total. The zero-order chi connectivity index (χ0) is 25.8. The molecule has 0 radical (unpaired) electrons. The highest BCUT2D eigenvalue weighted by atomic mass is 79.9. The molecule has 0 heterocycles. The number of hydrogen-bond acceptors (Lipinski definition) is 3. The van der Waals surface area contributed by atoms with Gasteiger partial charge in [-0.25, -0.2) is 4.39 Å². The maximum atomic E-state index is 13.6. The van der Waals surface area contributed by atoms with Crippen molar-refractivity contribution >= 4 is 39.5 Å². The number of nitrogens with one attached hydrogen (secondary N) is 1. The van der Waals surface area contributed by atoms with E-state index in [-0.39, 0.29) is 23.4 Å². The average molecular weight is 572 g/mol. The summed E-state index contributed by atoms with van der Waals surface area (Å²) in [5.74, 6) is 0.285. The third-order valence-corrected chi connectivity index (χ3v) is 7.23. The van der Waals surface area contributed by atoms with E-state index in [1.54, 1.807) is 17.0 Å². The average Bonchev–Trinajstić information content (AvgIpc) is 2.88. The van der Waals surface area contributed by atoms with Gasteiger partial charge in [-0.2, -0.15) is 0 Å². The predicted molar refractivity (Wildman–Crippen MR) is 149 cm³/mol. The van der Waals surface area contributed by atoms with Crippen molar-refractivity contribution < 1.29 is 14.0 Å². The van der Waals surface area contributed by atoms with Gasteiger partial charge in [-0.05, 0) is 47.4 Å². The van der Waals surface area contributed by atoms with Crippen LogP contribution in [0.25, 0.3) is 0 Å². The number of thioether (sulfide) groups is 1. The third kappa shape index (κ3) is 9.10. The summed E-state index contributed by atoms with van der Waals surface area (Å²) >= 11 is 4.97. The summed E-state index contributed by atoms with van der Waals surface area (Å²) in [6.45, 7) is 2.99. The van der Waals surface area contributed by atoms with E-state index in [9.17, 15) is 14.0 Å². The largest absolute Gasteiger partial charge is 0.354 e. The third-order valence-electron chi connectivity index (χ3n) is 5.75. The van der Waals surface area contributed by atoms with Gasteiger partial charge in [0, 0.05) is 29.7 Å². The summed E-state index contributed by atoms with van der Waals surface area (Å²) in [4.78, 5) is 28.7. The molecule has 0 saturated heterocycles. The molecule has 3 aromatic carbocycles. The Morgan fingerprint density at radius 3 is 2.39 bits per heavy atom. The van der Waals surface area contributed by atoms with Crippen molar-refractivity contribution in [2.75, 3.05) is 12.3 Å². The topological polar surface area (TPSA) is 49.4 Å². The van der Waals surface area contributed by atoms with Crippen LogP contribution in [0.2, 0.25) is 0 Å². The van der Waals surface area contributed by atoms with Crippen molar-refractivity contribution in [3.63, 3.8) is 0 Å². The number of rotatable bonds is 13. The molecule has 190 valence electrons. The summed E-state index contributed by atoms with van der Waals surface area (Å²) in [5, 5.41) is 3.04. The van der Waals surface area contributed by atoms with E-state index < -0.39 is 6.04 Å². The Morgan fingerprint density at radius 1 is 0.972 bits per heavy atom. The standard InChI is InChI=1S/C29H32BrFN2O2S/c1-2-3-16-32-29(35)27(18-22-8-5-4-6-9-22)33(19-24-10-7-11-25(30)17-24)28(34)21-36-20-23-12-14-26(31)15-13-23/h4-15,17,27H,2-3,16,18-21H2,1H3,(H,32,35). The lowest BCUT2D eigenvalue weighted by molar-refractivity contribution is -0.139. The zero-order valence-electron chi connectivity index (χ0n) is 20.5. The molecule has 2 amide bonds. The number of hydrogen-bond donors (Lipinski definition) is 1. The monoisotopic (exact) mass is 570 g/mol. The fourth-order valence-electron chi connectivity index (χ4n) is 3.81. The van der Waals surface area contributed by atoms with Crippen LogP contribution in [0.3, 0.4) is 0 Å². The quantitative estimate of drug-likeness (QED) is 0.243. The van der Waals surface area contributed by atoms with Crippen molar-refractivity contribution in [2.45, 2.75) is 44.5 Å². The summed E-state index contributed by atoms with van der Waals surface area (Å²) in [5.41, 5.74) is 2.89. The molecule has 7 heteroatoms. The van der Waals surface area contributed by atoms with Gasteiger partial charge >= 0.3 is 0 Å². The number of unbranched alkanes of at least 4 members (excludes halogenated alkanes) is 1. The van der Waals surface area contributed by atoms with E-state index in [2.05, 4.69) is 28.2 Å². The van der Waals surface area contributed by atoms with Crippen LogP contribution in [0, 0.1) is 5.82 Å². The van der Waals surface area contributed by atoms with Gasteiger partial charge in [0.15, 0.2) is 0 Å². The van der Waals surface area contributed by atoms with E-state index >= 15 is 0 Å². The second kappa shape index (κ2) is 14.8. The first-order chi connectivity index (χ1) is 17.5. The minimum absolute atomic E-state index is 0.103. The molecule has 0 spiro atoms.